The number of amides is 1. The number of carbonyl (C=O) groups is 2. The molecular weight excluding hydrogens is 425 g/mol. The van der Waals surface area contributed by atoms with Crippen LogP contribution in [-0.4, -0.2) is 45.4 Å². The summed E-state index contributed by atoms with van der Waals surface area (Å²) in [5, 5.41) is 0. The van der Waals surface area contributed by atoms with Crippen LogP contribution in [0.5, 0.6) is 5.75 Å². The van der Waals surface area contributed by atoms with E-state index in [0.29, 0.717) is 25.9 Å². The predicted octanol–water partition coefficient (Wildman–Crippen LogP) is 4.43. The molecule has 1 aliphatic heterocycles. The molecule has 0 aromatic heterocycles. The van der Waals surface area contributed by atoms with Crippen molar-refractivity contribution in [2.75, 3.05) is 32.8 Å². The molecule has 4 rings (SSSR count). The van der Waals surface area contributed by atoms with Crippen LogP contribution in [0, 0.1) is 11.7 Å². The van der Waals surface area contributed by atoms with E-state index in [1.807, 2.05) is 18.2 Å². The van der Waals surface area contributed by atoms with Gasteiger partial charge in [0, 0.05) is 37.1 Å². The first kappa shape index (κ1) is 23.2. The molecule has 4 unspecified atom stereocenters. The summed E-state index contributed by atoms with van der Waals surface area (Å²) in [6, 6.07) is 12.0. The summed E-state index contributed by atoms with van der Waals surface area (Å²) in [5.74, 6) is -0.459. The van der Waals surface area contributed by atoms with Crippen molar-refractivity contribution in [2.24, 2.45) is 5.92 Å². The normalized spacial score (nSPS) is 26.4. The van der Waals surface area contributed by atoms with Gasteiger partial charge in [-0.1, -0.05) is 12.1 Å². The third-order valence-electron chi connectivity index (χ3n) is 7.26. The van der Waals surface area contributed by atoms with Gasteiger partial charge in [-0.2, -0.15) is 0 Å². The van der Waals surface area contributed by atoms with Crippen LogP contribution >= 0.6 is 0 Å². The summed E-state index contributed by atoms with van der Waals surface area (Å²) in [5.41, 5.74) is 2.07. The Labute approximate surface area is 193 Å². The number of ether oxygens (including phenoxy) is 3. The van der Waals surface area contributed by atoms with Gasteiger partial charge >= 0.3 is 5.97 Å². The standard InChI is InChI=1S/C26H30FNO5/c1-16(29)28(2)20-9-10-23(31-3)22(13-20)18-14-26(33-15-18)12-11-21(25(30)32-4)24(26)17-5-7-19(27)8-6-17/h5-10,13,18,21,24H,11-12,14-15H2,1-4H3. The van der Waals surface area contributed by atoms with Crippen LogP contribution < -0.4 is 9.64 Å². The summed E-state index contributed by atoms with van der Waals surface area (Å²) in [6.07, 6.45) is 2.04. The summed E-state index contributed by atoms with van der Waals surface area (Å²) in [4.78, 5) is 26.1. The molecule has 2 aromatic carbocycles. The maximum absolute atomic E-state index is 13.6. The molecule has 7 heteroatoms. The van der Waals surface area contributed by atoms with Gasteiger partial charge in [-0.05, 0) is 55.2 Å². The highest BCUT2D eigenvalue weighted by atomic mass is 19.1. The van der Waals surface area contributed by atoms with E-state index >= 15 is 0 Å². The highest BCUT2D eigenvalue weighted by Gasteiger charge is 2.56. The Bertz CT molecular complexity index is 1040. The van der Waals surface area contributed by atoms with Crippen LogP contribution in [-0.2, 0) is 19.1 Å². The minimum atomic E-state index is -0.561. The number of methoxy groups -OCH3 is 2. The molecule has 1 aliphatic carbocycles. The second kappa shape index (κ2) is 9.14. The molecule has 1 saturated heterocycles. The van der Waals surface area contributed by atoms with Crippen molar-refractivity contribution in [1.29, 1.82) is 0 Å². The molecule has 33 heavy (non-hydrogen) atoms. The maximum atomic E-state index is 13.6. The van der Waals surface area contributed by atoms with Crippen molar-refractivity contribution in [3.05, 3.63) is 59.4 Å². The summed E-state index contributed by atoms with van der Waals surface area (Å²) >= 11 is 0. The number of halogens is 1. The molecule has 6 nitrogen and oxygen atoms in total. The molecule has 4 atom stereocenters. The largest absolute Gasteiger partial charge is 0.496 e. The van der Waals surface area contributed by atoms with Gasteiger partial charge in [0.2, 0.25) is 5.91 Å². The lowest BCUT2D eigenvalue weighted by atomic mass is 9.76. The first-order chi connectivity index (χ1) is 15.8. The molecule has 2 aromatic rings. The van der Waals surface area contributed by atoms with Gasteiger partial charge in [-0.3, -0.25) is 9.59 Å². The Morgan fingerprint density at radius 2 is 1.88 bits per heavy atom. The highest BCUT2D eigenvalue weighted by Crippen LogP contribution is 2.57. The van der Waals surface area contributed by atoms with Crippen LogP contribution in [0.15, 0.2) is 42.5 Å². The fourth-order valence-electron chi connectivity index (χ4n) is 5.52. The Morgan fingerprint density at radius 1 is 1.15 bits per heavy atom. The van der Waals surface area contributed by atoms with Crippen LogP contribution in [0.25, 0.3) is 0 Å². The third-order valence-corrected chi connectivity index (χ3v) is 7.26. The fraction of sp³-hybridized carbons (Fsp3) is 0.462. The number of nitrogens with zero attached hydrogens (tertiary/aromatic N) is 1. The number of rotatable bonds is 5. The van der Waals surface area contributed by atoms with Gasteiger partial charge in [0.1, 0.15) is 11.6 Å². The number of hydrogen-bond acceptors (Lipinski definition) is 5. The molecule has 1 amide bonds. The fourth-order valence-corrected chi connectivity index (χ4v) is 5.52. The molecule has 0 bridgehead atoms. The smallest absolute Gasteiger partial charge is 0.309 e. The Morgan fingerprint density at radius 3 is 2.52 bits per heavy atom. The van der Waals surface area contributed by atoms with Gasteiger partial charge in [-0.25, -0.2) is 4.39 Å². The second-order valence-corrected chi connectivity index (χ2v) is 8.98. The van der Waals surface area contributed by atoms with E-state index in [0.717, 1.165) is 22.6 Å². The second-order valence-electron chi connectivity index (χ2n) is 8.98. The van der Waals surface area contributed by atoms with Crippen molar-refractivity contribution in [3.8, 4) is 5.75 Å². The average molecular weight is 456 g/mol. The molecule has 0 N–H and O–H groups in total. The Hall–Kier alpha value is -2.93. The molecule has 2 aliphatic rings. The zero-order chi connectivity index (χ0) is 23.8. The van der Waals surface area contributed by atoms with Crippen LogP contribution in [0.4, 0.5) is 10.1 Å². The SMILES string of the molecule is COC(=O)C1CCC2(CC(c3cc(N(C)C(C)=O)ccc3OC)CO2)C1c1ccc(F)cc1. The number of benzene rings is 2. The Kier molecular flexibility index (Phi) is 6.43. The maximum Gasteiger partial charge on any atom is 0.309 e. The Balaban J connectivity index is 1.70. The van der Waals surface area contributed by atoms with E-state index < -0.39 is 5.60 Å². The van der Waals surface area contributed by atoms with E-state index in [4.69, 9.17) is 14.2 Å². The first-order valence-corrected chi connectivity index (χ1v) is 11.2. The van der Waals surface area contributed by atoms with E-state index in [-0.39, 0.29) is 35.4 Å². The summed E-state index contributed by atoms with van der Waals surface area (Å²) in [7, 11) is 4.77. The lowest BCUT2D eigenvalue weighted by Crippen LogP contribution is -2.35. The minimum Gasteiger partial charge on any atom is -0.496 e. The van der Waals surface area contributed by atoms with E-state index in [2.05, 4.69) is 0 Å². The van der Waals surface area contributed by atoms with Gasteiger partial charge in [0.15, 0.2) is 0 Å². The van der Waals surface area contributed by atoms with Gasteiger partial charge in [0.05, 0.1) is 32.3 Å². The molecule has 0 radical (unpaired) electrons. The van der Waals surface area contributed by atoms with E-state index in [1.54, 1.807) is 31.2 Å². The van der Waals surface area contributed by atoms with Crippen molar-refractivity contribution in [3.63, 3.8) is 0 Å². The minimum absolute atomic E-state index is 0.0274. The van der Waals surface area contributed by atoms with Crippen LogP contribution in [0.1, 0.15) is 49.1 Å². The third kappa shape index (κ3) is 4.22. The van der Waals surface area contributed by atoms with Crippen LogP contribution in [0.3, 0.4) is 0 Å². The van der Waals surface area contributed by atoms with Gasteiger partial charge < -0.3 is 19.1 Å². The van der Waals surface area contributed by atoms with Gasteiger partial charge in [-0.15, -0.1) is 0 Å². The number of esters is 1. The topological polar surface area (TPSA) is 65.1 Å². The zero-order valence-corrected chi connectivity index (χ0v) is 19.5. The monoisotopic (exact) mass is 455 g/mol. The van der Waals surface area contributed by atoms with Crippen molar-refractivity contribution in [2.45, 2.75) is 43.6 Å². The van der Waals surface area contributed by atoms with Crippen LogP contribution in [0.2, 0.25) is 0 Å². The molecule has 1 spiro atoms. The molecular formula is C26H30FNO5. The lowest BCUT2D eigenvalue weighted by molar-refractivity contribution is -0.146. The molecule has 1 heterocycles. The van der Waals surface area contributed by atoms with Crippen molar-refractivity contribution in [1.82, 2.24) is 0 Å². The van der Waals surface area contributed by atoms with E-state index in [9.17, 15) is 14.0 Å². The lowest BCUT2D eigenvalue weighted by Gasteiger charge is -2.33. The van der Waals surface area contributed by atoms with Gasteiger partial charge in [0.25, 0.3) is 0 Å². The quantitative estimate of drug-likeness (QED) is 0.625. The highest BCUT2D eigenvalue weighted by molar-refractivity contribution is 5.91. The predicted molar refractivity (Wildman–Crippen MR) is 122 cm³/mol. The number of carbonyl (C=O) groups excluding carboxylic acids is 2. The molecule has 1 saturated carbocycles. The number of hydrogen-bond donors (Lipinski definition) is 0. The van der Waals surface area contributed by atoms with E-state index in [1.165, 1.54) is 26.2 Å². The summed E-state index contributed by atoms with van der Waals surface area (Å²) in [6.45, 7) is 1.99. The molecule has 2 fully saturated rings. The average Bonchev–Trinajstić information content (AvgIpc) is 3.42. The molecule has 176 valence electrons. The van der Waals surface area contributed by atoms with Crippen molar-refractivity contribution >= 4 is 17.6 Å². The van der Waals surface area contributed by atoms with Crippen molar-refractivity contribution < 1.29 is 28.2 Å². The first-order valence-electron chi connectivity index (χ1n) is 11.2. The zero-order valence-electron chi connectivity index (χ0n) is 19.5. The number of anilines is 1. The summed E-state index contributed by atoms with van der Waals surface area (Å²) < 4.78 is 30.9.